The van der Waals surface area contributed by atoms with Gasteiger partial charge in [-0.3, -0.25) is 0 Å². The molecule has 1 aliphatic rings. The first-order chi connectivity index (χ1) is 14.3. The summed E-state index contributed by atoms with van der Waals surface area (Å²) < 4.78 is 0. The summed E-state index contributed by atoms with van der Waals surface area (Å²) in [5.74, 6) is 0. The molecule has 0 atom stereocenters. The third-order valence-corrected chi connectivity index (χ3v) is 5.54. The molecule has 0 bridgehead atoms. The monoisotopic (exact) mass is 380 g/mol. The Balaban J connectivity index is 0.000000252. The number of unbranched alkanes of at least 4 members (excludes halogenated alkanes) is 2. The van der Waals surface area contributed by atoms with Crippen LogP contribution >= 0.6 is 0 Å². The van der Waals surface area contributed by atoms with E-state index in [-0.39, 0.29) is 0 Å². The van der Waals surface area contributed by atoms with Gasteiger partial charge in [0, 0.05) is 6.54 Å². The van der Waals surface area contributed by atoms with Crippen molar-refractivity contribution in [2.45, 2.75) is 37.6 Å². The first-order valence-electron chi connectivity index (χ1n) is 10.2. The van der Waals surface area contributed by atoms with Crippen LogP contribution in [0.2, 0.25) is 0 Å². The summed E-state index contributed by atoms with van der Waals surface area (Å²) in [7, 11) is 0. The van der Waals surface area contributed by atoms with Gasteiger partial charge in [-0.05, 0) is 47.1 Å². The van der Waals surface area contributed by atoms with E-state index in [1.54, 1.807) is 0 Å². The zero-order chi connectivity index (χ0) is 20.5. The number of fused-ring (bicyclic) bond motifs is 3. The maximum absolute atomic E-state index is 10.00. The molecular weight excluding hydrogens is 352 g/mol. The quantitative estimate of drug-likeness (QED) is 0.399. The van der Waals surface area contributed by atoms with Crippen LogP contribution in [0.3, 0.4) is 0 Å². The average Bonchev–Trinajstić information content (AvgIpc) is 3.08. The highest BCUT2D eigenvalue weighted by atomic mass is 14.5. The normalized spacial score (nSPS) is 12.7. The molecule has 3 aromatic rings. The molecule has 4 rings (SSSR count). The number of allylic oxidation sites excluding steroid dienone is 1. The van der Waals surface area contributed by atoms with Crippen LogP contribution in [0.5, 0.6) is 0 Å². The Morgan fingerprint density at radius 3 is 1.86 bits per heavy atom. The molecule has 0 aromatic heterocycles. The topological polar surface area (TPSA) is 49.8 Å². The smallest absolute Gasteiger partial charge is 0.108 e. The first kappa shape index (κ1) is 20.6. The van der Waals surface area contributed by atoms with Gasteiger partial charge in [-0.2, -0.15) is 5.26 Å². The SMILES string of the molecule is C=CCCCCC1(C#N)c2ccccc2-c2ccccc21.NCc1ccccc1. The van der Waals surface area contributed by atoms with E-state index in [4.69, 9.17) is 5.73 Å². The fraction of sp³-hybridized carbons (Fsp3) is 0.222. The molecule has 2 N–H and O–H groups in total. The highest BCUT2D eigenvalue weighted by Crippen LogP contribution is 2.50. The fourth-order valence-corrected chi connectivity index (χ4v) is 4.06. The molecule has 0 saturated carbocycles. The van der Waals surface area contributed by atoms with Gasteiger partial charge in [-0.1, -0.05) is 91.4 Å². The molecule has 0 spiro atoms. The molecule has 2 heteroatoms. The molecular formula is C27H28N2. The van der Waals surface area contributed by atoms with Crippen LogP contribution in [0.4, 0.5) is 0 Å². The second kappa shape index (κ2) is 9.87. The molecule has 3 aromatic carbocycles. The number of hydrogen-bond donors (Lipinski definition) is 1. The minimum atomic E-state index is -0.478. The maximum atomic E-state index is 10.00. The number of rotatable bonds is 6. The predicted molar refractivity (Wildman–Crippen MR) is 121 cm³/mol. The fourth-order valence-electron chi connectivity index (χ4n) is 4.06. The molecule has 0 heterocycles. The van der Waals surface area contributed by atoms with E-state index in [2.05, 4.69) is 49.0 Å². The summed E-state index contributed by atoms with van der Waals surface area (Å²) in [4.78, 5) is 0. The van der Waals surface area contributed by atoms with Crippen LogP contribution in [0.15, 0.2) is 91.5 Å². The van der Waals surface area contributed by atoms with Crippen molar-refractivity contribution in [3.63, 3.8) is 0 Å². The van der Waals surface area contributed by atoms with Crippen LogP contribution in [-0.4, -0.2) is 0 Å². The standard InChI is InChI=1S/C20H19N.C7H9N/c1-2-3-4-9-14-20(15-21)18-12-7-5-10-16(18)17-11-6-8-13-19(17)20;8-6-7-4-2-1-3-5-7/h2,5-8,10-13H,1,3-4,9,14H2;1-5H,6,8H2. The van der Waals surface area contributed by atoms with Crippen molar-refractivity contribution in [3.8, 4) is 17.2 Å². The largest absolute Gasteiger partial charge is 0.326 e. The van der Waals surface area contributed by atoms with Crippen LogP contribution in [0.25, 0.3) is 11.1 Å². The van der Waals surface area contributed by atoms with E-state index < -0.39 is 5.41 Å². The second-order valence-electron chi connectivity index (χ2n) is 7.33. The second-order valence-corrected chi connectivity index (χ2v) is 7.33. The zero-order valence-corrected chi connectivity index (χ0v) is 16.9. The lowest BCUT2D eigenvalue weighted by Crippen LogP contribution is -2.22. The summed E-state index contributed by atoms with van der Waals surface area (Å²) >= 11 is 0. The first-order valence-corrected chi connectivity index (χ1v) is 10.2. The Morgan fingerprint density at radius 2 is 1.38 bits per heavy atom. The van der Waals surface area contributed by atoms with Crippen LogP contribution in [-0.2, 0) is 12.0 Å². The predicted octanol–water partition coefficient (Wildman–Crippen LogP) is 6.37. The molecule has 0 saturated heterocycles. The lowest BCUT2D eigenvalue weighted by molar-refractivity contribution is 0.555. The third-order valence-electron chi connectivity index (χ3n) is 5.54. The Labute approximate surface area is 174 Å². The van der Waals surface area contributed by atoms with Gasteiger partial charge in [0.25, 0.3) is 0 Å². The Morgan fingerprint density at radius 1 is 0.828 bits per heavy atom. The van der Waals surface area contributed by atoms with Crippen molar-refractivity contribution >= 4 is 0 Å². The Bertz CT molecular complexity index is 937. The third kappa shape index (κ3) is 4.31. The Kier molecular flexibility index (Phi) is 7.00. The van der Waals surface area contributed by atoms with Gasteiger partial charge < -0.3 is 5.73 Å². The molecule has 0 fully saturated rings. The van der Waals surface area contributed by atoms with Crippen molar-refractivity contribution < 1.29 is 0 Å². The maximum Gasteiger partial charge on any atom is 0.108 e. The molecule has 29 heavy (non-hydrogen) atoms. The molecule has 0 aliphatic heterocycles. The van der Waals surface area contributed by atoms with E-state index in [9.17, 15) is 5.26 Å². The van der Waals surface area contributed by atoms with E-state index in [0.29, 0.717) is 6.54 Å². The average molecular weight is 381 g/mol. The molecule has 0 radical (unpaired) electrons. The molecule has 0 amide bonds. The minimum Gasteiger partial charge on any atom is -0.326 e. The van der Waals surface area contributed by atoms with Crippen LogP contribution in [0, 0.1) is 11.3 Å². The highest BCUT2D eigenvalue weighted by Gasteiger charge is 2.42. The van der Waals surface area contributed by atoms with Crippen molar-refractivity contribution in [1.82, 2.24) is 0 Å². The number of hydrogen-bond acceptors (Lipinski definition) is 2. The number of benzene rings is 3. The van der Waals surface area contributed by atoms with Gasteiger partial charge in [0.2, 0.25) is 0 Å². The molecule has 0 unspecified atom stereocenters. The van der Waals surface area contributed by atoms with E-state index in [0.717, 1.165) is 25.7 Å². The number of nitriles is 1. The summed E-state index contributed by atoms with van der Waals surface area (Å²) in [6.07, 6.45) is 5.99. The van der Waals surface area contributed by atoms with E-state index in [1.165, 1.54) is 27.8 Å². The van der Waals surface area contributed by atoms with Gasteiger partial charge in [0.1, 0.15) is 5.41 Å². The van der Waals surface area contributed by atoms with Gasteiger partial charge in [-0.15, -0.1) is 6.58 Å². The van der Waals surface area contributed by atoms with Crippen LogP contribution < -0.4 is 5.73 Å². The lowest BCUT2D eigenvalue weighted by Gasteiger charge is -2.24. The van der Waals surface area contributed by atoms with Gasteiger partial charge >= 0.3 is 0 Å². The summed E-state index contributed by atoms with van der Waals surface area (Å²) in [6, 6.07) is 29.3. The molecule has 1 aliphatic carbocycles. The van der Waals surface area contributed by atoms with Crippen LogP contribution in [0.1, 0.15) is 42.4 Å². The highest BCUT2D eigenvalue weighted by molar-refractivity contribution is 5.82. The minimum absolute atomic E-state index is 0.478. The lowest BCUT2D eigenvalue weighted by atomic mass is 9.75. The molecule has 146 valence electrons. The van der Waals surface area contributed by atoms with E-state index >= 15 is 0 Å². The van der Waals surface area contributed by atoms with Crippen molar-refractivity contribution in [3.05, 3.63) is 108 Å². The van der Waals surface area contributed by atoms with Crippen molar-refractivity contribution in [1.29, 1.82) is 5.26 Å². The summed E-state index contributed by atoms with van der Waals surface area (Å²) in [6.45, 7) is 4.41. The number of nitrogens with two attached hydrogens (primary N) is 1. The van der Waals surface area contributed by atoms with Gasteiger partial charge in [-0.25, -0.2) is 0 Å². The molecule has 2 nitrogen and oxygen atoms in total. The summed E-state index contributed by atoms with van der Waals surface area (Å²) in [5, 5.41) is 10.00. The zero-order valence-electron chi connectivity index (χ0n) is 16.9. The summed E-state index contributed by atoms with van der Waals surface area (Å²) in [5.41, 5.74) is 10.8. The number of nitrogens with zero attached hydrogens (tertiary/aromatic N) is 1. The van der Waals surface area contributed by atoms with Gasteiger partial charge in [0.15, 0.2) is 0 Å². The van der Waals surface area contributed by atoms with Crippen molar-refractivity contribution in [2.75, 3.05) is 0 Å². The Hall–Kier alpha value is -3.15. The van der Waals surface area contributed by atoms with Crippen molar-refractivity contribution in [2.24, 2.45) is 5.73 Å². The van der Waals surface area contributed by atoms with Gasteiger partial charge in [0.05, 0.1) is 6.07 Å². The van der Waals surface area contributed by atoms with E-state index in [1.807, 2.05) is 48.5 Å².